The number of piperazine rings is 1. The summed E-state index contributed by atoms with van der Waals surface area (Å²) in [7, 11) is 0. The largest absolute Gasteiger partial charge is 0.351 e. The number of hydrogen-bond acceptors (Lipinski definition) is 3. The standard InChI is InChI=1S/C13H21N3/c1-10(2)12-4-5-13(15-9-12)16-7-6-14-8-11(16)3/h4-5,9-11,14H,6-8H2,1-3H3. The number of pyridine rings is 1. The van der Waals surface area contributed by atoms with Crippen molar-refractivity contribution in [3.63, 3.8) is 0 Å². The van der Waals surface area contributed by atoms with Gasteiger partial charge in [-0.3, -0.25) is 0 Å². The molecule has 0 saturated carbocycles. The third-order valence-corrected chi connectivity index (χ3v) is 3.23. The minimum atomic E-state index is 0.533. The summed E-state index contributed by atoms with van der Waals surface area (Å²) < 4.78 is 0. The minimum absolute atomic E-state index is 0.533. The topological polar surface area (TPSA) is 28.2 Å². The van der Waals surface area contributed by atoms with Crippen LogP contribution in [0.5, 0.6) is 0 Å². The van der Waals surface area contributed by atoms with Crippen molar-refractivity contribution in [2.75, 3.05) is 24.5 Å². The summed E-state index contributed by atoms with van der Waals surface area (Å²) >= 11 is 0. The number of nitrogens with one attached hydrogen (secondary N) is 1. The van der Waals surface area contributed by atoms with E-state index in [2.05, 4.69) is 48.1 Å². The maximum Gasteiger partial charge on any atom is 0.128 e. The Bertz CT molecular complexity index is 332. The van der Waals surface area contributed by atoms with Gasteiger partial charge >= 0.3 is 0 Å². The summed E-state index contributed by atoms with van der Waals surface area (Å²) in [6.45, 7) is 9.79. The number of rotatable bonds is 2. The number of anilines is 1. The van der Waals surface area contributed by atoms with E-state index in [1.165, 1.54) is 5.56 Å². The van der Waals surface area contributed by atoms with Crippen molar-refractivity contribution in [3.8, 4) is 0 Å². The van der Waals surface area contributed by atoms with Crippen molar-refractivity contribution in [1.29, 1.82) is 0 Å². The molecule has 2 rings (SSSR count). The van der Waals surface area contributed by atoms with Gasteiger partial charge in [0.25, 0.3) is 0 Å². The molecule has 1 aromatic heterocycles. The Labute approximate surface area is 97.9 Å². The maximum absolute atomic E-state index is 4.57. The summed E-state index contributed by atoms with van der Waals surface area (Å²) in [4.78, 5) is 6.95. The first kappa shape index (κ1) is 11.4. The van der Waals surface area contributed by atoms with Gasteiger partial charge in [0.05, 0.1) is 0 Å². The molecule has 1 aliphatic heterocycles. The molecule has 1 atom stereocenters. The van der Waals surface area contributed by atoms with Gasteiger partial charge in [-0.1, -0.05) is 19.9 Å². The molecule has 1 fully saturated rings. The zero-order valence-electron chi connectivity index (χ0n) is 10.4. The summed E-state index contributed by atoms with van der Waals surface area (Å²) in [5, 5.41) is 3.39. The second kappa shape index (κ2) is 4.83. The first-order valence-electron chi connectivity index (χ1n) is 6.12. The van der Waals surface area contributed by atoms with E-state index in [4.69, 9.17) is 0 Å². The van der Waals surface area contributed by atoms with Crippen LogP contribution in [0, 0.1) is 0 Å². The Morgan fingerprint density at radius 2 is 2.25 bits per heavy atom. The number of hydrogen-bond donors (Lipinski definition) is 1. The van der Waals surface area contributed by atoms with Crippen LogP contribution >= 0.6 is 0 Å². The zero-order chi connectivity index (χ0) is 11.5. The van der Waals surface area contributed by atoms with Crippen molar-refractivity contribution in [3.05, 3.63) is 23.9 Å². The van der Waals surface area contributed by atoms with E-state index in [9.17, 15) is 0 Å². The van der Waals surface area contributed by atoms with Crippen molar-refractivity contribution < 1.29 is 0 Å². The second-order valence-corrected chi connectivity index (χ2v) is 4.85. The van der Waals surface area contributed by atoms with Crippen LogP contribution in [0.15, 0.2) is 18.3 Å². The molecule has 1 N–H and O–H groups in total. The monoisotopic (exact) mass is 219 g/mol. The molecule has 0 aromatic carbocycles. The van der Waals surface area contributed by atoms with Crippen LogP contribution in [0.1, 0.15) is 32.3 Å². The van der Waals surface area contributed by atoms with Crippen molar-refractivity contribution >= 4 is 5.82 Å². The van der Waals surface area contributed by atoms with Gasteiger partial charge in [-0.2, -0.15) is 0 Å². The van der Waals surface area contributed by atoms with Gasteiger partial charge < -0.3 is 10.2 Å². The number of aromatic nitrogens is 1. The smallest absolute Gasteiger partial charge is 0.128 e. The van der Waals surface area contributed by atoms with E-state index in [0.29, 0.717) is 12.0 Å². The van der Waals surface area contributed by atoms with Crippen molar-refractivity contribution in [2.45, 2.75) is 32.7 Å². The van der Waals surface area contributed by atoms with Crippen molar-refractivity contribution in [2.24, 2.45) is 0 Å². The fraction of sp³-hybridized carbons (Fsp3) is 0.615. The Balaban J connectivity index is 2.14. The van der Waals surface area contributed by atoms with E-state index >= 15 is 0 Å². The highest BCUT2D eigenvalue weighted by Crippen LogP contribution is 2.19. The maximum atomic E-state index is 4.57. The average molecular weight is 219 g/mol. The normalized spacial score (nSPS) is 21.5. The molecule has 0 radical (unpaired) electrons. The van der Waals surface area contributed by atoms with Gasteiger partial charge in [-0.25, -0.2) is 4.98 Å². The molecule has 0 bridgehead atoms. The van der Waals surface area contributed by atoms with Crippen LogP contribution in [-0.4, -0.2) is 30.7 Å². The molecule has 3 heteroatoms. The lowest BCUT2D eigenvalue weighted by atomic mass is 10.1. The van der Waals surface area contributed by atoms with Crippen molar-refractivity contribution in [1.82, 2.24) is 10.3 Å². The first-order valence-corrected chi connectivity index (χ1v) is 6.12. The van der Waals surface area contributed by atoms with Crippen LogP contribution in [0.25, 0.3) is 0 Å². The summed E-state index contributed by atoms with van der Waals surface area (Å²) in [6, 6.07) is 4.88. The Hall–Kier alpha value is -1.09. The molecule has 88 valence electrons. The lowest BCUT2D eigenvalue weighted by Gasteiger charge is -2.35. The van der Waals surface area contributed by atoms with Crippen LogP contribution < -0.4 is 10.2 Å². The van der Waals surface area contributed by atoms with Gasteiger partial charge in [0, 0.05) is 31.9 Å². The molecule has 1 aliphatic rings. The lowest BCUT2D eigenvalue weighted by molar-refractivity contribution is 0.497. The highest BCUT2D eigenvalue weighted by molar-refractivity contribution is 5.41. The van der Waals surface area contributed by atoms with Crippen LogP contribution in [-0.2, 0) is 0 Å². The van der Waals surface area contributed by atoms with Crippen LogP contribution in [0.3, 0.4) is 0 Å². The summed E-state index contributed by atoms with van der Waals surface area (Å²) in [6.07, 6.45) is 2.01. The van der Waals surface area contributed by atoms with E-state index in [1.54, 1.807) is 0 Å². The summed E-state index contributed by atoms with van der Waals surface area (Å²) in [5.74, 6) is 1.67. The summed E-state index contributed by atoms with van der Waals surface area (Å²) in [5.41, 5.74) is 1.31. The SMILES string of the molecule is CC(C)c1ccc(N2CCNCC2C)nc1. The van der Waals surface area contributed by atoms with E-state index in [0.717, 1.165) is 25.5 Å². The fourth-order valence-corrected chi connectivity index (χ4v) is 2.09. The predicted octanol–water partition coefficient (Wildman–Crippen LogP) is 2.00. The van der Waals surface area contributed by atoms with E-state index in [-0.39, 0.29) is 0 Å². The molecule has 1 aromatic rings. The third kappa shape index (κ3) is 2.35. The highest BCUT2D eigenvalue weighted by Gasteiger charge is 2.18. The first-order chi connectivity index (χ1) is 7.68. The molecule has 2 heterocycles. The molecule has 0 amide bonds. The average Bonchev–Trinajstić information content (AvgIpc) is 2.30. The number of nitrogens with zero attached hydrogens (tertiary/aromatic N) is 2. The molecule has 1 unspecified atom stereocenters. The fourth-order valence-electron chi connectivity index (χ4n) is 2.09. The lowest BCUT2D eigenvalue weighted by Crippen LogP contribution is -2.50. The molecule has 1 saturated heterocycles. The molecule has 0 aliphatic carbocycles. The van der Waals surface area contributed by atoms with E-state index in [1.807, 2.05) is 6.20 Å². The molecule has 3 nitrogen and oxygen atoms in total. The van der Waals surface area contributed by atoms with Gasteiger partial charge in [-0.05, 0) is 24.5 Å². The second-order valence-electron chi connectivity index (χ2n) is 4.85. The molecule has 16 heavy (non-hydrogen) atoms. The molecular weight excluding hydrogens is 198 g/mol. The van der Waals surface area contributed by atoms with Gasteiger partial charge in [-0.15, -0.1) is 0 Å². The Kier molecular flexibility index (Phi) is 3.44. The predicted molar refractivity (Wildman–Crippen MR) is 68.0 cm³/mol. The molecular formula is C13H21N3. The minimum Gasteiger partial charge on any atom is -0.351 e. The van der Waals surface area contributed by atoms with Gasteiger partial charge in [0.1, 0.15) is 5.82 Å². The van der Waals surface area contributed by atoms with Crippen LogP contribution in [0.4, 0.5) is 5.82 Å². The molecule has 0 spiro atoms. The van der Waals surface area contributed by atoms with Gasteiger partial charge in [0.2, 0.25) is 0 Å². The quantitative estimate of drug-likeness (QED) is 0.824. The Morgan fingerprint density at radius 1 is 1.44 bits per heavy atom. The van der Waals surface area contributed by atoms with Crippen LogP contribution in [0.2, 0.25) is 0 Å². The third-order valence-electron chi connectivity index (χ3n) is 3.23. The zero-order valence-corrected chi connectivity index (χ0v) is 10.4. The Morgan fingerprint density at radius 3 is 2.81 bits per heavy atom. The highest BCUT2D eigenvalue weighted by atomic mass is 15.3. The van der Waals surface area contributed by atoms with Gasteiger partial charge in [0.15, 0.2) is 0 Å². The van der Waals surface area contributed by atoms with E-state index < -0.39 is 0 Å².